The smallest absolute Gasteiger partial charge is 0.407 e. The lowest BCUT2D eigenvalue weighted by molar-refractivity contribution is 0.0529. The number of hydrogen-bond donors (Lipinski definition) is 2. The topological polar surface area (TPSA) is 66.0 Å². The maximum atomic E-state index is 11.3. The number of alkyl carbamates (subject to hydrolysis) is 1. The minimum absolute atomic E-state index is 0.404. The van der Waals surface area contributed by atoms with Gasteiger partial charge in [-0.25, -0.2) is 4.79 Å². The summed E-state index contributed by atoms with van der Waals surface area (Å²) in [6.45, 7) is 6.59. The fourth-order valence-corrected chi connectivity index (χ4v) is 1.09. The van der Waals surface area contributed by atoms with Crippen LogP contribution in [0.3, 0.4) is 0 Å². The molecule has 0 spiro atoms. The molecule has 0 aliphatic rings. The molecule has 0 saturated carbocycles. The highest BCUT2D eigenvalue weighted by Crippen LogP contribution is 2.05. The molecule has 0 radical (unpaired) electrons. The summed E-state index contributed by atoms with van der Waals surface area (Å²) in [6.07, 6.45) is -0.404. The van der Waals surface area contributed by atoms with Crippen LogP contribution in [0.15, 0.2) is 4.99 Å². The summed E-state index contributed by atoms with van der Waals surface area (Å²) in [5, 5.41) is 5.75. The zero-order chi connectivity index (χ0) is 13.5. The maximum Gasteiger partial charge on any atom is 0.407 e. The van der Waals surface area contributed by atoms with E-state index in [9.17, 15) is 4.79 Å². The van der Waals surface area contributed by atoms with Crippen molar-refractivity contribution >= 4 is 12.1 Å². The lowest BCUT2D eigenvalue weighted by Gasteiger charge is -2.20. The van der Waals surface area contributed by atoms with E-state index in [2.05, 4.69) is 15.6 Å². The van der Waals surface area contributed by atoms with Crippen LogP contribution in [0.4, 0.5) is 4.79 Å². The molecule has 2 N–H and O–H groups in total. The van der Waals surface area contributed by atoms with Gasteiger partial charge < -0.3 is 20.3 Å². The van der Waals surface area contributed by atoms with Gasteiger partial charge in [-0.3, -0.25) is 4.99 Å². The van der Waals surface area contributed by atoms with Crippen LogP contribution in [0.25, 0.3) is 0 Å². The number of guanidine groups is 1. The Morgan fingerprint density at radius 1 is 1.24 bits per heavy atom. The molecule has 0 aliphatic heterocycles. The predicted octanol–water partition coefficient (Wildman–Crippen LogP) is 0.648. The number of ether oxygens (including phenoxy) is 1. The summed E-state index contributed by atoms with van der Waals surface area (Å²) >= 11 is 0. The van der Waals surface area contributed by atoms with Crippen LogP contribution in [0.5, 0.6) is 0 Å². The van der Waals surface area contributed by atoms with E-state index in [-0.39, 0.29) is 0 Å². The molecule has 0 aromatic rings. The number of hydrogen-bond acceptors (Lipinski definition) is 3. The lowest BCUT2D eigenvalue weighted by Crippen LogP contribution is -2.41. The average molecular weight is 244 g/mol. The molecule has 0 heterocycles. The van der Waals surface area contributed by atoms with Gasteiger partial charge >= 0.3 is 6.09 Å². The van der Waals surface area contributed by atoms with Gasteiger partial charge in [-0.05, 0) is 20.8 Å². The van der Waals surface area contributed by atoms with E-state index >= 15 is 0 Å². The first-order valence-electron chi connectivity index (χ1n) is 5.61. The molecule has 0 unspecified atom stereocenters. The van der Waals surface area contributed by atoms with Gasteiger partial charge in [0.25, 0.3) is 0 Å². The van der Waals surface area contributed by atoms with Crippen molar-refractivity contribution in [3.8, 4) is 0 Å². The third kappa shape index (κ3) is 8.36. The van der Waals surface area contributed by atoms with Crippen molar-refractivity contribution in [2.75, 3.05) is 34.2 Å². The monoisotopic (exact) mass is 244 g/mol. The number of nitrogens with one attached hydrogen (secondary N) is 2. The third-order valence-corrected chi connectivity index (χ3v) is 1.71. The van der Waals surface area contributed by atoms with Crippen molar-refractivity contribution in [3.63, 3.8) is 0 Å². The normalized spacial score (nSPS) is 12.0. The quantitative estimate of drug-likeness (QED) is 0.434. The molecule has 100 valence electrons. The van der Waals surface area contributed by atoms with Gasteiger partial charge in [0.15, 0.2) is 5.96 Å². The van der Waals surface area contributed by atoms with E-state index in [0.29, 0.717) is 13.1 Å². The Hall–Kier alpha value is -1.46. The molecule has 1 amide bonds. The SMILES string of the molecule is CN=C(NCCNC(=O)OC(C)(C)C)N(C)C. The summed E-state index contributed by atoms with van der Waals surface area (Å²) in [4.78, 5) is 17.2. The van der Waals surface area contributed by atoms with E-state index in [1.54, 1.807) is 7.05 Å². The average Bonchev–Trinajstić information content (AvgIpc) is 2.14. The fraction of sp³-hybridized carbons (Fsp3) is 0.818. The zero-order valence-corrected chi connectivity index (χ0v) is 11.6. The van der Waals surface area contributed by atoms with E-state index in [1.165, 1.54) is 0 Å². The number of carbonyl (C=O) groups excluding carboxylic acids is 1. The molecule has 0 saturated heterocycles. The van der Waals surface area contributed by atoms with Gasteiger partial charge in [-0.15, -0.1) is 0 Å². The summed E-state index contributed by atoms with van der Waals surface area (Å²) in [5.74, 6) is 0.774. The summed E-state index contributed by atoms with van der Waals surface area (Å²) < 4.78 is 5.10. The van der Waals surface area contributed by atoms with Gasteiger partial charge in [0.1, 0.15) is 5.60 Å². The van der Waals surface area contributed by atoms with Crippen LogP contribution in [-0.4, -0.2) is 56.8 Å². The molecule has 6 heteroatoms. The van der Waals surface area contributed by atoms with E-state index in [0.717, 1.165) is 5.96 Å². The molecule has 0 fully saturated rings. The number of aliphatic imine (C=N–C) groups is 1. The summed E-state index contributed by atoms with van der Waals surface area (Å²) in [6, 6.07) is 0. The molecular formula is C11H24N4O2. The minimum Gasteiger partial charge on any atom is -0.444 e. The van der Waals surface area contributed by atoms with Crippen molar-refractivity contribution in [2.24, 2.45) is 4.99 Å². The highest BCUT2D eigenvalue weighted by Gasteiger charge is 2.15. The van der Waals surface area contributed by atoms with Crippen molar-refractivity contribution in [1.82, 2.24) is 15.5 Å². The van der Waals surface area contributed by atoms with E-state index in [1.807, 2.05) is 39.8 Å². The van der Waals surface area contributed by atoms with Gasteiger partial charge in [0.2, 0.25) is 0 Å². The molecular weight excluding hydrogens is 220 g/mol. The predicted molar refractivity (Wildman–Crippen MR) is 69.3 cm³/mol. The van der Waals surface area contributed by atoms with Crippen molar-refractivity contribution < 1.29 is 9.53 Å². The molecule has 0 aromatic carbocycles. The van der Waals surface area contributed by atoms with Gasteiger partial charge in [0, 0.05) is 34.2 Å². The first-order valence-corrected chi connectivity index (χ1v) is 5.61. The highest BCUT2D eigenvalue weighted by atomic mass is 16.6. The van der Waals surface area contributed by atoms with Crippen LogP contribution in [-0.2, 0) is 4.74 Å². The highest BCUT2D eigenvalue weighted by molar-refractivity contribution is 5.79. The molecule has 0 bridgehead atoms. The van der Waals surface area contributed by atoms with Crippen LogP contribution in [0, 0.1) is 0 Å². The second kappa shape index (κ2) is 6.98. The molecule has 17 heavy (non-hydrogen) atoms. The fourth-order valence-electron chi connectivity index (χ4n) is 1.09. The molecule has 0 atom stereocenters. The number of nitrogens with zero attached hydrogens (tertiary/aromatic N) is 2. The van der Waals surface area contributed by atoms with E-state index in [4.69, 9.17) is 4.74 Å². The van der Waals surface area contributed by atoms with Crippen molar-refractivity contribution in [2.45, 2.75) is 26.4 Å². The summed E-state index contributed by atoms with van der Waals surface area (Å²) in [5.41, 5.74) is -0.461. The summed E-state index contributed by atoms with van der Waals surface area (Å²) in [7, 11) is 5.51. The molecule has 0 aliphatic carbocycles. The zero-order valence-electron chi connectivity index (χ0n) is 11.6. The Labute approximate surface area is 103 Å². The first-order chi connectivity index (χ1) is 7.76. The van der Waals surface area contributed by atoms with E-state index < -0.39 is 11.7 Å². The largest absolute Gasteiger partial charge is 0.444 e. The van der Waals surface area contributed by atoms with Gasteiger partial charge in [0.05, 0.1) is 0 Å². The number of rotatable bonds is 3. The number of carbonyl (C=O) groups is 1. The van der Waals surface area contributed by atoms with Crippen LogP contribution in [0.1, 0.15) is 20.8 Å². The maximum absolute atomic E-state index is 11.3. The number of amides is 1. The molecule has 0 rings (SSSR count). The second-order valence-corrected chi connectivity index (χ2v) is 4.80. The van der Waals surface area contributed by atoms with Crippen molar-refractivity contribution in [1.29, 1.82) is 0 Å². The third-order valence-electron chi connectivity index (χ3n) is 1.71. The minimum atomic E-state index is -0.461. The van der Waals surface area contributed by atoms with Crippen LogP contribution < -0.4 is 10.6 Å². The standard InChI is InChI=1S/C11H24N4O2/c1-11(2,3)17-10(16)14-8-7-13-9(12-4)15(5)6/h7-8H2,1-6H3,(H,12,13)(H,14,16). The van der Waals surface area contributed by atoms with Gasteiger partial charge in [-0.2, -0.15) is 0 Å². The second-order valence-electron chi connectivity index (χ2n) is 4.80. The Morgan fingerprint density at radius 3 is 2.18 bits per heavy atom. The van der Waals surface area contributed by atoms with Crippen LogP contribution >= 0.6 is 0 Å². The Bertz CT molecular complexity index is 269. The Balaban J connectivity index is 3.75. The van der Waals surface area contributed by atoms with Gasteiger partial charge in [-0.1, -0.05) is 0 Å². The molecule has 0 aromatic heterocycles. The van der Waals surface area contributed by atoms with Crippen molar-refractivity contribution in [3.05, 3.63) is 0 Å². The van der Waals surface area contributed by atoms with Crippen LogP contribution in [0.2, 0.25) is 0 Å². The Morgan fingerprint density at radius 2 is 1.76 bits per heavy atom. The Kier molecular flexibility index (Phi) is 6.38. The first kappa shape index (κ1) is 15.5. The lowest BCUT2D eigenvalue weighted by atomic mass is 10.2. The molecule has 6 nitrogen and oxygen atoms in total.